The zero-order valence-electron chi connectivity index (χ0n) is 12.6. The van der Waals surface area contributed by atoms with Crippen LogP contribution in [0.2, 0.25) is 0 Å². The first-order valence-electron chi connectivity index (χ1n) is 7.53. The Morgan fingerprint density at radius 1 is 1.30 bits per heavy atom. The van der Waals surface area contributed by atoms with Crippen molar-refractivity contribution in [1.82, 2.24) is 5.32 Å². The van der Waals surface area contributed by atoms with Gasteiger partial charge in [0.2, 0.25) is 5.91 Å². The van der Waals surface area contributed by atoms with Gasteiger partial charge in [0.25, 0.3) is 0 Å². The molecule has 1 fully saturated rings. The molecule has 0 spiro atoms. The third kappa shape index (κ3) is 3.21. The molecule has 2 N–H and O–H groups in total. The van der Waals surface area contributed by atoms with E-state index in [1.807, 2.05) is 13.8 Å². The number of aliphatic hydroxyl groups excluding tert-OH is 1. The summed E-state index contributed by atoms with van der Waals surface area (Å²) < 4.78 is 0. The van der Waals surface area contributed by atoms with Gasteiger partial charge >= 0.3 is 0 Å². The Kier molecular flexibility index (Phi) is 4.48. The van der Waals surface area contributed by atoms with Crippen LogP contribution >= 0.6 is 0 Å². The topological polar surface area (TPSA) is 49.3 Å². The van der Waals surface area contributed by atoms with Crippen LogP contribution in [0.25, 0.3) is 0 Å². The summed E-state index contributed by atoms with van der Waals surface area (Å²) in [6, 6.07) is 8.36. The summed E-state index contributed by atoms with van der Waals surface area (Å²) in [4.78, 5) is 12.3. The van der Waals surface area contributed by atoms with Gasteiger partial charge in [-0.05, 0) is 50.7 Å². The van der Waals surface area contributed by atoms with Crippen LogP contribution in [0.1, 0.15) is 51.2 Å². The molecule has 2 unspecified atom stereocenters. The fourth-order valence-corrected chi connectivity index (χ4v) is 2.88. The van der Waals surface area contributed by atoms with Gasteiger partial charge in [-0.25, -0.2) is 0 Å². The monoisotopic (exact) mass is 275 g/mol. The number of aryl methyl sites for hydroxylation is 1. The van der Waals surface area contributed by atoms with Crippen molar-refractivity contribution in [3.63, 3.8) is 0 Å². The Morgan fingerprint density at radius 2 is 1.95 bits per heavy atom. The van der Waals surface area contributed by atoms with E-state index in [9.17, 15) is 9.90 Å². The van der Waals surface area contributed by atoms with Crippen molar-refractivity contribution in [2.24, 2.45) is 5.92 Å². The Bertz CT molecular complexity index is 464. The first kappa shape index (κ1) is 15.0. The maximum Gasteiger partial charge on any atom is 0.226 e. The molecule has 3 heteroatoms. The van der Waals surface area contributed by atoms with Crippen LogP contribution in [0.5, 0.6) is 0 Å². The number of benzene rings is 1. The van der Waals surface area contributed by atoms with Crippen molar-refractivity contribution in [2.75, 3.05) is 0 Å². The highest BCUT2D eigenvalue weighted by Gasteiger charge is 2.34. The minimum atomic E-state index is -0.478. The Hall–Kier alpha value is -1.35. The first-order valence-corrected chi connectivity index (χ1v) is 7.53. The van der Waals surface area contributed by atoms with Gasteiger partial charge in [0.05, 0.1) is 17.6 Å². The van der Waals surface area contributed by atoms with E-state index in [1.54, 1.807) is 0 Å². The average Bonchev–Trinajstić information content (AvgIpc) is 2.84. The molecule has 20 heavy (non-hydrogen) atoms. The third-order valence-electron chi connectivity index (χ3n) is 4.34. The zero-order chi connectivity index (χ0) is 14.8. The molecule has 1 aliphatic carbocycles. The fourth-order valence-electron chi connectivity index (χ4n) is 2.88. The molecule has 0 heterocycles. The largest absolute Gasteiger partial charge is 0.392 e. The molecule has 110 valence electrons. The molecule has 3 nitrogen and oxygen atoms in total. The molecular weight excluding hydrogens is 250 g/mol. The molecule has 1 amide bonds. The molecule has 0 aromatic heterocycles. The van der Waals surface area contributed by atoms with Crippen molar-refractivity contribution in [1.29, 1.82) is 0 Å². The lowest BCUT2D eigenvalue weighted by molar-refractivity contribution is -0.129. The number of carbonyl (C=O) groups is 1. The van der Waals surface area contributed by atoms with Crippen LogP contribution in [0, 0.1) is 5.92 Å². The minimum Gasteiger partial charge on any atom is -0.392 e. The van der Waals surface area contributed by atoms with Crippen molar-refractivity contribution in [3.05, 3.63) is 35.4 Å². The summed E-state index contributed by atoms with van der Waals surface area (Å²) >= 11 is 0. The van der Waals surface area contributed by atoms with E-state index in [4.69, 9.17) is 0 Å². The van der Waals surface area contributed by atoms with Gasteiger partial charge in [0, 0.05) is 0 Å². The van der Waals surface area contributed by atoms with E-state index >= 15 is 0 Å². The zero-order valence-corrected chi connectivity index (χ0v) is 12.6. The van der Waals surface area contributed by atoms with Crippen molar-refractivity contribution >= 4 is 5.91 Å². The molecule has 0 aliphatic heterocycles. The number of aliphatic hydroxyl groups is 1. The fraction of sp³-hybridized carbons (Fsp3) is 0.588. The predicted molar refractivity (Wildman–Crippen MR) is 80.3 cm³/mol. The van der Waals surface area contributed by atoms with E-state index in [2.05, 4.69) is 36.5 Å². The van der Waals surface area contributed by atoms with E-state index < -0.39 is 11.6 Å². The number of carbonyl (C=O) groups excluding carboxylic acids is 1. The molecule has 1 aromatic rings. The summed E-state index contributed by atoms with van der Waals surface area (Å²) in [5.74, 6) is -0.274. The van der Waals surface area contributed by atoms with Gasteiger partial charge in [-0.2, -0.15) is 0 Å². The van der Waals surface area contributed by atoms with Crippen LogP contribution < -0.4 is 5.32 Å². The standard InChI is InChI=1S/C17H25NO2/c1-4-12-8-10-13(11-9-12)17(2,3)18-16(20)14-6-5-7-15(14)19/h8-11,14-15,19H,4-7H2,1-3H3,(H,18,20). The summed E-state index contributed by atoms with van der Waals surface area (Å²) in [5, 5.41) is 12.9. The molecule has 1 aromatic carbocycles. The van der Waals surface area contributed by atoms with Crippen LogP contribution in [-0.2, 0) is 16.8 Å². The maximum absolute atomic E-state index is 12.3. The van der Waals surface area contributed by atoms with Gasteiger partial charge in [-0.3, -0.25) is 4.79 Å². The van der Waals surface area contributed by atoms with Crippen LogP contribution in [-0.4, -0.2) is 17.1 Å². The van der Waals surface area contributed by atoms with Crippen LogP contribution in [0.4, 0.5) is 0 Å². The number of rotatable bonds is 4. The second kappa shape index (κ2) is 5.96. The highest BCUT2D eigenvalue weighted by atomic mass is 16.3. The molecule has 0 bridgehead atoms. The Balaban J connectivity index is 2.07. The van der Waals surface area contributed by atoms with Gasteiger partial charge in [0.1, 0.15) is 0 Å². The molecule has 0 saturated heterocycles. The van der Waals surface area contributed by atoms with E-state index in [0.29, 0.717) is 0 Å². The minimum absolute atomic E-state index is 0.0282. The van der Waals surface area contributed by atoms with Crippen LogP contribution in [0.3, 0.4) is 0 Å². The Morgan fingerprint density at radius 3 is 2.45 bits per heavy atom. The molecule has 1 saturated carbocycles. The SMILES string of the molecule is CCc1ccc(C(C)(C)NC(=O)C2CCCC2O)cc1. The summed E-state index contributed by atoms with van der Waals surface area (Å²) in [6.45, 7) is 6.14. The summed E-state index contributed by atoms with van der Waals surface area (Å²) in [6.07, 6.45) is 3.00. The highest BCUT2D eigenvalue weighted by Crippen LogP contribution is 2.28. The summed E-state index contributed by atoms with van der Waals surface area (Å²) in [7, 11) is 0. The first-order chi connectivity index (χ1) is 9.44. The quantitative estimate of drug-likeness (QED) is 0.887. The molecule has 2 atom stereocenters. The van der Waals surface area contributed by atoms with Gasteiger partial charge in [0.15, 0.2) is 0 Å². The van der Waals surface area contributed by atoms with E-state index in [0.717, 1.165) is 31.2 Å². The maximum atomic E-state index is 12.3. The number of hydrogen-bond donors (Lipinski definition) is 2. The normalized spacial score (nSPS) is 22.8. The third-order valence-corrected chi connectivity index (χ3v) is 4.34. The van der Waals surface area contributed by atoms with Crippen molar-refractivity contribution < 1.29 is 9.90 Å². The second-order valence-electron chi connectivity index (χ2n) is 6.27. The smallest absolute Gasteiger partial charge is 0.226 e. The van der Waals surface area contributed by atoms with Gasteiger partial charge < -0.3 is 10.4 Å². The molecule has 2 rings (SSSR count). The number of hydrogen-bond acceptors (Lipinski definition) is 2. The summed E-state index contributed by atoms with van der Waals surface area (Å²) in [5.41, 5.74) is 1.98. The van der Waals surface area contributed by atoms with Crippen LogP contribution in [0.15, 0.2) is 24.3 Å². The average molecular weight is 275 g/mol. The number of nitrogens with one attached hydrogen (secondary N) is 1. The van der Waals surface area contributed by atoms with E-state index in [-0.39, 0.29) is 11.8 Å². The van der Waals surface area contributed by atoms with Crippen molar-refractivity contribution in [2.45, 2.75) is 58.1 Å². The molecule has 1 aliphatic rings. The highest BCUT2D eigenvalue weighted by molar-refractivity contribution is 5.80. The van der Waals surface area contributed by atoms with Gasteiger partial charge in [-0.1, -0.05) is 31.2 Å². The second-order valence-corrected chi connectivity index (χ2v) is 6.27. The van der Waals surface area contributed by atoms with Gasteiger partial charge in [-0.15, -0.1) is 0 Å². The Labute approximate surface area is 121 Å². The predicted octanol–water partition coefficient (Wildman–Crippen LogP) is 2.76. The molecule has 0 radical (unpaired) electrons. The lowest BCUT2D eigenvalue weighted by Gasteiger charge is -2.29. The van der Waals surface area contributed by atoms with Crippen molar-refractivity contribution in [3.8, 4) is 0 Å². The molecular formula is C17H25NO2. The lowest BCUT2D eigenvalue weighted by atomic mass is 9.91. The number of amides is 1. The van der Waals surface area contributed by atoms with E-state index in [1.165, 1.54) is 5.56 Å². The lowest BCUT2D eigenvalue weighted by Crippen LogP contribution is -2.45.